The molecule has 0 radical (unpaired) electrons. The topological polar surface area (TPSA) is 20.3 Å². The van der Waals surface area contributed by atoms with Crippen LogP contribution in [-0.4, -0.2) is 23.9 Å². The molecule has 1 aliphatic rings. The lowest BCUT2D eigenvalue weighted by Gasteiger charge is -2.35. The molecule has 0 N–H and O–H groups in total. The molecule has 0 aromatic rings. The van der Waals surface area contributed by atoms with E-state index in [1.807, 2.05) is 0 Å². The van der Waals surface area contributed by atoms with Crippen LogP contribution in [-0.2, 0) is 4.79 Å². The SMILES string of the molecule is CCCCCCCCCCCCCC(=O)N1CC(C)CC(C)C1. The van der Waals surface area contributed by atoms with Crippen LogP contribution in [0.15, 0.2) is 0 Å². The van der Waals surface area contributed by atoms with Crippen molar-refractivity contribution in [2.24, 2.45) is 11.8 Å². The maximum Gasteiger partial charge on any atom is 0.222 e. The molecule has 2 heteroatoms. The number of hydrogen-bond acceptors (Lipinski definition) is 1. The molecule has 1 fully saturated rings. The van der Waals surface area contributed by atoms with Crippen LogP contribution in [0.1, 0.15) is 104 Å². The van der Waals surface area contributed by atoms with Gasteiger partial charge in [0, 0.05) is 19.5 Å². The van der Waals surface area contributed by atoms with Gasteiger partial charge in [-0.25, -0.2) is 0 Å². The fourth-order valence-corrected chi connectivity index (χ4v) is 3.97. The summed E-state index contributed by atoms with van der Waals surface area (Å²) in [7, 11) is 0. The van der Waals surface area contributed by atoms with Crippen LogP contribution in [0.3, 0.4) is 0 Å². The van der Waals surface area contributed by atoms with Gasteiger partial charge in [-0.3, -0.25) is 4.79 Å². The third-order valence-electron chi connectivity index (χ3n) is 5.22. The fourth-order valence-electron chi connectivity index (χ4n) is 3.97. The molecule has 1 aliphatic heterocycles. The Morgan fingerprint density at radius 3 is 1.70 bits per heavy atom. The van der Waals surface area contributed by atoms with E-state index in [1.54, 1.807) is 0 Å². The molecular weight excluding hydrogens is 282 g/mol. The normalized spacial score (nSPS) is 21.6. The minimum Gasteiger partial charge on any atom is -0.342 e. The summed E-state index contributed by atoms with van der Waals surface area (Å²) in [4.78, 5) is 14.4. The van der Waals surface area contributed by atoms with Gasteiger partial charge in [0.15, 0.2) is 0 Å². The van der Waals surface area contributed by atoms with E-state index < -0.39 is 0 Å². The lowest BCUT2D eigenvalue weighted by Crippen LogP contribution is -2.42. The maximum atomic E-state index is 12.3. The predicted octanol–water partition coefficient (Wildman–Crippen LogP) is 6.19. The van der Waals surface area contributed by atoms with Gasteiger partial charge in [0.05, 0.1) is 0 Å². The predicted molar refractivity (Wildman–Crippen MR) is 101 cm³/mol. The van der Waals surface area contributed by atoms with Gasteiger partial charge in [-0.15, -0.1) is 0 Å². The standard InChI is InChI=1S/C21H41NO/c1-4-5-6-7-8-9-10-11-12-13-14-15-21(23)22-17-19(2)16-20(3)18-22/h19-20H,4-18H2,1-3H3. The number of likely N-dealkylation sites (tertiary alicyclic amines) is 1. The lowest BCUT2D eigenvalue weighted by molar-refractivity contribution is -0.134. The molecule has 2 nitrogen and oxygen atoms in total. The van der Waals surface area contributed by atoms with Crippen molar-refractivity contribution in [1.82, 2.24) is 4.90 Å². The molecule has 0 aromatic heterocycles. The second-order valence-electron chi connectivity index (χ2n) is 8.03. The molecule has 23 heavy (non-hydrogen) atoms. The Labute approximate surface area is 145 Å². The summed E-state index contributed by atoms with van der Waals surface area (Å²) >= 11 is 0. The van der Waals surface area contributed by atoms with E-state index in [1.165, 1.54) is 70.6 Å². The van der Waals surface area contributed by atoms with Crippen LogP contribution in [0, 0.1) is 11.8 Å². The lowest BCUT2D eigenvalue weighted by atomic mass is 9.91. The third-order valence-corrected chi connectivity index (χ3v) is 5.22. The molecule has 1 rings (SSSR count). The van der Waals surface area contributed by atoms with E-state index >= 15 is 0 Å². The second-order valence-corrected chi connectivity index (χ2v) is 8.03. The molecule has 2 unspecified atom stereocenters. The monoisotopic (exact) mass is 323 g/mol. The largest absolute Gasteiger partial charge is 0.342 e. The van der Waals surface area contributed by atoms with Crippen molar-refractivity contribution in [3.63, 3.8) is 0 Å². The van der Waals surface area contributed by atoms with E-state index in [-0.39, 0.29) is 0 Å². The highest BCUT2D eigenvalue weighted by Gasteiger charge is 2.24. The summed E-state index contributed by atoms with van der Waals surface area (Å²) in [6.07, 6.45) is 16.9. The number of hydrogen-bond donors (Lipinski definition) is 0. The van der Waals surface area contributed by atoms with Crippen molar-refractivity contribution >= 4 is 5.91 Å². The Morgan fingerprint density at radius 1 is 0.783 bits per heavy atom. The number of carbonyl (C=O) groups excluding carboxylic acids is 1. The van der Waals surface area contributed by atoms with Crippen molar-refractivity contribution in [2.75, 3.05) is 13.1 Å². The zero-order chi connectivity index (χ0) is 16.9. The van der Waals surface area contributed by atoms with E-state index in [2.05, 4.69) is 25.7 Å². The van der Waals surface area contributed by atoms with Gasteiger partial charge in [-0.2, -0.15) is 0 Å². The van der Waals surface area contributed by atoms with Gasteiger partial charge in [0.2, 0.25) is 5.91 Å². The van der Waals surface area contributed by atoms with Crippen molar-refractivity contribution in [3.8, 4) is 0 Å². The number of piperidine rings is 1. The first-order chi connectivity index (χ1) is 11.1. The van der Waals surface area contributed by atoms with Gasteiger partial charge in [-0.1, -0.05) is 85.0 Å². The average Bonchev–Trinajstić information content (AvgIpc) is 2.51. The third kappa shape index (κ3) is 10.0. The van der Waals surface area contributed by atoms with Crippen LogP contribution in [0.25, 0.3) is 0 Å². The Morgan fingerprint density at radius 2 is 1.22 bits per heavy atom. The van der Waals surface area contributed by atoms with E-state index in [9.17, 15) is 4.79 Å². The number of amides is 1. The average molecular weight is 324 g/mol. The van der Waals surface area contributed by atoms with Gasteiger partial charge in [0.1, 0.15) is 0 Å². The van der Waals surface area contributed by atoms with Gasteiger partial charge >= 0.3 is 0 Å². The molecule has 0 bridgehead atoms. The number of rotatable bonds is 12. The molecule has 0 aliphatic carbocycles. The molecule has 0 saturated carbocycles. The summed E-state index contributed by atoms with van der Waals surface area (Å²) < 4.78 is 0. The zero-order valence-corrected chi connectivity index (χ0v) is 16.1. The maximum absolute atomic E-state index is 12.3. The van der Waals surface area contributed by atoms with Crippen molar-refractivity contribution in [3.05, 3.63) is 0 Å². The first kappa shape index (κ1) is 20.5. The van der Waals surface area contributed by atoms with Crippen molar-refractivity contribution in [1.29, 1.82) is 0 Å². The van der Waals surface area contributed by atoms with Crippen molar-refractivity contribution in [2.45, 2.75) is 104 Å². The molecule has 136 valence electrons. The molecule has 1 saturated heterocycles. The summed E-state index contributed by atoms with van der Waals surface area (Å²) in [5, 5.41) is 0. The summed E-state index contributed by atoms with van der Waals surface area (Å²) in [5.41, 5.74) is 0. The highest BCUT2D eigenvalue weighted by atomic mass is 16.2. The van der Waals surface area contributed by atoms with Gasteiger partial charge in [-0.05, 0) is 24.7 Å². The highest BCUT2D eigenvalue weighted by molar-refractivity contribution is 5.76. The summed E-state index contributed by atoms with van der Waals surface area (Å²) in [5.74, 6) is 1.76. The highest BCUT2D eigenvalue weighted by Crippen LogP contribution is 2.22. The minimum absolute atomic E-state index is 0.402. The molecule has 1 heterocycles. The van der Waals surface area contributed by atoms with Crippen molar-refractivity contribution < 1.29 is 4.79 Å². The number of nitrogens with zero attached hydrogens (tertiary/aromatic N) is 1. The fraction of sp³-hybridized carbons (Fsp3) is 0.952. The Bertz CT molecular complexity index is 292. The zero-order valence-electron chi connectivity index (χ0n) is 16.1. The Hall–Kier alpha value is -0.530. The molecule has 2 atom stereocenters. The Kier molecular flexibility index (Phi) is 11.5. The number of unbranched alkanes of at least 4 members (excludes halogenated alkanes) is 10. The van der Waals surface area contributed by atoms with Crippen LogP contribution in [0.2, 0.25) is 0 Å². The van der Waals surface area contributed by atoms with Crippen LogP contribution >= 0.6 is 0 Å². The summed E-state index contributed by atoms with van der Waals surface area (Å²) in [6, 6.07) is 0. The quantitative estimate of drug-likeness (QED) is 0.392. The molecule has 1 amide bonds. The van der Waals surface area contributed by atoms with Crippen LogP contribution < -0.4 is 0 Å². The first-order valence-corrected chi connectivity index (χ1v) is 10.4. The molecular formula is C21H41NO. The van der Waals surface area contributed by atoms with Gasteiger partial charge in [0.25, 0.3) is 0 Å². The molecule has 0 aromatic carbocycles. The van der Waals surface area contributed by atoms with Crippen LogP contribution in [0.5, 0.6) is 0 Å². The second kappa shape index (κ2) is 12.8. The smallest absolute Gasteiger partial charge is 0.222 e. The van der Waals surface area contributed by atoms with Gasteiger partial charge < -0.3 is 4.90 Å². The number of carbonyl (C=O) groups is 1. The molecule has 0 spiro atoms. The van der Waals surface area contributed by atoms with Crippen LogP contribution in [0.4, 0.5) is 0 Å². The van der Waals surface area contributed by atoms with E-state index in [0.29, 0.717) is 17.7 Å². The summed E-state index contributed by atoms with van der Waals surface area (Å²) in [6.45, 7) is 8.80. The van der Waals surface area contributed by atoms with E-state index in [4.69, 9.17) is 0 Å². The van der Waals surface area contributed by atoms with E-state index in [0.717, 1.165) is 25.9 Å². The minimum atomic E-state index is 0.402. The first-order valence-electron chi connectivity index (χ1n) is 10.4. The Balaban J connectivity index is 1.91.